The minimum Gasteiger partial charge on any atom is -0.123 e. The summed E-state index contributed by atoms with van der Waals surface area (Å²) in [6.07, 6.45) is 3.95. The molecular weight excluding hydrogens is 156 g/mol. The van der Waals surface area contributed by atoms with Crippen LogP contribution in [0.25, 0.3) is 0 Å². The molecule has 0 amide bonds. The zero-order valence-electron chi connectivity index (χ0n) is 7.81. The van der Waals surface area contributed by atoms with Crippen LogP contribution in [0.1, 0.15) is 40.0 Å². The van der Waals surface area contributed by atoms with Crippen LogP contribution in [0.5, 0.6) is 0 Å². The van der Waals surface area contributed by atoms with Crippen LogP contribution in [0, 0.1) is 17.8 Å². The van der Waals surface area contributed by atoms with Crippen molar-refractivity contribution in [2.75, 3.05) is 0 Å². The highest BCUT2D eigenvalue weighted by atomic mass is 35.5. The van der Waals surface area contributed by atoms with E-state index in [4.69, 9.17) is 11.6 Å². The predicted molar refractivity (Wildman–Crippen MR) is 51.0 cm³/mol. The minimum absolute atomic E-state index is 0.443. The van der Waals surface area contributed by atoms with Crippen LogP contribution in [0.2, 0.25) is 0 Å². The lowest BCUT2D eigenvalue weighted by atomic mass is 9.77. The Morgan fingerprint density at radius 1 is 1.27 bits per heavy atom. The van der Waals surface area contributed by atoms with E-state index in [0.717, 1.165) is 17.8 Å². The zero-order chi connectivity index (χ0) is 8.43. The van der Waals surface area contributed by atoms with Gasteiger partial charge in [-0.3, -0.25) is 0 Å². The van der Waals surface area contributed by atoms with Gasteiger partial charge in [-0.2, -0.15) is 0 Å². The van der Waals surface area contributed by atoms with Gasteiger partial charge in [-0.05, 0) is 30.6 Å². The van der Waals surface area contributed by atoms with Crippen molar-refractivity contribution in [2.24, 2.45) is 17.8 Å². The maximum atomic E-state index is 6.27. The van der Waals surface area contributed by atoms with Crippen LogP contribution in [-0.2, 0) is 0 Å². The van der Waals surface area contributed by atoms with Crippen LogP contribution < -0.4 is 0 Å². The summed E-state index contributed by atoms with van der Waals surface area (Å²) in [6.45, 7) is 6.89. The van der Waals surface area contributed by atoms with Gasteiger partial charge in [0.05, 0.1) is 0 Å². The molecule has 0 radical (unpaired) electrons. The summed E-state index contributed by atoms with van der Waals surface area (Å²) in [7, 11) is 0. The predicted octanol–water partition coefficient (Wildman–Crippen LogP) is 3.69. The van der Waals surface area contributed by atoms with Gasteiger partial charge in [-0.15, -0.1) is 11.6 Å². The van der Waals surface area contributed by atoms with Crippen molar-refractivity contribution in [3.63, 3.8) is 0 Å². The monoisotopic (exact) mass is 174 g/mol. The molecule has 1 aliphatic rings. The van der Waals surface area contributed by atoms with Crippen molar-refractivity contribution in [2.45, 2.75) is 45.4 Å². The third-order valence-corrected chi connectivity index (χ3v) is 3.44. The first-order chi connectivity index (χ1) is 5.11. The molecule has 0 spiro atoms. The fourth-order valence-electron chi connectivity index (χ4n) is 2.09. The average Bonchev–Trinajstić information content (AvgIpc) is 1.85. The lowest BCUT2D eigenvalue weighted by Crippen LogP contribution is -2.27. The van der Waals surface area contributed by atoms with E-state index in [1.807, 2.05) is 0 Å². The Morgan fingerprint density at radius 2 is 1.91 bits per heavy atom. The molecule has 1 rings (SSSR count). The molecule has 1 heteroatoms. The first-order valence-corrected chi connectivity index (χ1v) is 5.19. The maximum absolute atomic E-state index is 6.27. The van der Waals surface area contributed by atoms with E-state index >= 15 is 0 Å². The molecule has 1 saturated carbocycles. The third kappa shape index (κ3) is 2.37. The average molecular weight is 175 g/mol. The van der Waals surface area contributed by atoms with E-state index in [-0.39, 0.29) is 0 Å². The van der Waals surface area contributed by atoms with Gasteiger partial charge < -0.3 is 0 Å². The molecule has 3 atom stereocenters. The summed E-state index contributed by atoms with van der Waals surface area (Å²) in [5, 5.41) is 0.443. The molecule has 0 bridgehead atoms. The lowest BCUT2D eigenvalue weighted by molar-refractivity contribution is 0.240. The maximum Gasteiger partial charge on any atom is 0.0369 e. The number of hydrogen-bond donors (Lipinski definition) is 0. The highest BCUT2D eigenvalue weighted by Crippen LogP contribution is 2.36. The zero-order valence-corrected chi connectivity index (χ0v) is 8.56. The van der Waals surface area contributed by atoms with E-state index in [0.29, 0.717) is 5.38 Å². The minimum atomic E-state index is 0.443. The second-order valence-electron chi connectivity index (χ2n) is 4.34. The molecular formula is C10H19Cl. The molecule has 0 saturated heterocycles. The molecule has 0 aromatic rings. The Balaban J connectivity index is 2.44. The molecule has 1 fully saturated rings. The Bertz CT molecular complexity index is 120. The van der Waals surface area contributed by atoms with Gasteiger partial charge in [0.2, 0.25) is 0 Å². The highest BCUT2D eigenvalue weighted by Gasteiger charge is 2.28. The summed E-state index contributed by atoms with van der Waals surface area (Å²) in [5.41, 5.74) is 0. The van der Waals surface area contributed by atoms with Crippen molar-refractivity contribution in [1.82, 2.24) is 0 Å². The summed E-state index contributed by atoms with van der Waals surface area (Å²) in [4.78, 5) is 0. The first kappa shape index (κ1) is 9.38. The third-order valence-electron chi connectivity index (χ3n) is 2.94. The largest absolute Gasteiger partial charge is 0.123 e. The standard InChI is InChI=1S/C10H19Cl/c1-7(2)9-5-4-8(3)6-10(9)11/h7-10H,4-6H2,1-3H3/t8-,9?,10?/m1/s1. The molecule has 2 unspecified atom stereocenters. The van der Waals surface area contributed by atoms with Gasteiger partial charge >= 0.3 is 0 Å². The second kappa shape index (κ2) is 3.80. The van der Waals surface area contributed by atoms with Gasteiger partial charge in [0.1, 0.15) is 0 Å². The van der Waals surface area contributed by atoms with Crippen molar-refractivity contribution < 1.29 is 0 Å². The fraction of sp³-hybridized carbons (Fsp3) is 1.00. The SMILES string of the molecule is CC(C)C1CC[C@@H](C)CC1Cl. The first-order valence-electron chi connectivity index (χ1n) is 4.75. The molecule has 11 heavy (non-hydrogen) atoms. The highest BCUT2D eigenvalue weighted by molar-refractivity contribution is 6.20. The molecule has 0 aliphatic heterocycles. The van der Waals surface area contributed by atoms with Crippen LogP contribution in [0.4, 0.5) is 0 Å². The molecule has 0 aromatic heterocycles. The van der Waals surface area contributed by atoms with Gasteiger partial charge in [0, 0.05) is 5.38 Å². The van der Waals surface area contributed by atoms with Crippen LogP contribution in [-0.4, -0.2) is 5.38 Å². The van der Waals surface area contributed by atoms with Crippen molar-refractivity contribution in [1.29, 1.82) is 0 Å². The summed E-state index contributed by atoms with van der Waals surface area (Å²) in [6, 6.07) is 0. The van der Waals surface area contributed by atoms with Gasteiger partial charge in [0.15, 0.2) is 0 Å². The van der Waals surface area contributed by atoms with E-state index in [1.165, 1.54) is 19.3 Å². The summed E-state index contributed by atoms with van der Waals surface area (Å²) in [5.74, 6) is 2.39. The second-order valence-corrected chi connectivity index (χ2v) is 4.90. The number of hydrogen-bond acceptors (Lipinski definition) is 0. The van der Waals surface area contributed by atoms with E-state index in [9.17, 15) is 0 Å². The van der Waals surface area contributed by atoms with Crippen LogP contribution >= 0.6 is 11.6 Å². The molecule has 0 N–H and O–H groups in total. The van der Waals surface area contributed by atoms with E-state index < -0.39 is 0 Å². The Kier molecular flexibility index (Phi) is 3.24. The smallest absolute Gasteiger partial charge is 0.0369 e. The number of halogens is 1. The Labute approximate surface area is 75.3 Å². The molecule has 0 aromatic carbocycles. The van der Waals surface area contributed by atoms with Crippen molar-refractivity contribution >= 4 is 11.6 Å². The number of alkyl halides is 1. The van der Waals surface area contributed by atoms with E-state index in [2.05, 4.69) is 20.8 Å². The van der Waals surface area contributed by atoms with Crippen molar-refractivity contribution in [3.8, 4) is 0 Å². The number of rotatable bonds is 1. The quantitative estimate of drug-likeness (QED) is 0.532. The van der Waals surface area contributed by atoms with E-state index in [1.54, 1.807) is 0 Å². The van der Waals surface area contributed by atoms with Gasteiger partial charge in [-0.1, -0.05) is 27.2 Å². The summed E-state index contributed by atoms with van der Waals surface area (Å²) < 4.78 is 0. The lowest BCUT2D eigenvalue weighted by Gasteiger charge is -2.33. The Morgan fingerprint density at radius 3 is 2.36 bits per heavy atom. The van der Waals surface area contributed by atoms with Gasteiger partial charge in [-0.25, -0.2) is 0 Å². The summed E-state index contributed by atoms with van der Waals surface area (Å²) >= 11 is 6.27. The normalized spacial score (nSPS) is 39.5. The van der Waals surface area contributed by atoms with Crippen molar-refractivity contribution in [3.05, 3.63) is 0 Å². The fourth-order valence-corrected chi connectivity index (χ4v) is 2.81. The molecule has 0 nitrogen and oxygen atoms in total. The molecule has 66 valence electrons. The van der Waals surface area contributed by atoms with Crippen LogP contribution in [0.15, 0.2) is 0 Å². The molecule has 0 heterocycles. The van der Waals surface area contributed by atoms with Crippen LogP contribution in [0.3, 0.4) is 0 Å². The Hall–Kier alpha value is 0.290. The topological polar surface area (TPSA) is 0 Å². The molecule has 1 aliphatic carbocycles. The van der Waals surface area contributed by atoms with Gasteiger partial charge in [0.25, 0.3) is 0 Å².